The summed E-state index contributed by atoms with van der Waals surface area (Å²) >= 11 is 5.98. The molecule has 0 spiro atoms. The van der Waals surface area contributed by atoms with Gasteiger partial charge in [-0.25, -0.2) is 0 Å². The molecule has 3 aromatic carbocycles. The number of hydrogen-bond acceptors (Lipinski definition) is 4. The number of benzene rings is 3. The molecule has 1 amide bonds. The number of halogens is 1. The van der Waals surface area contributed by atoms with Crippen LogP contribution in [0.2, 0.25) is 5.02 Å². The number of carbonyl (C=O) groups is 2. The van der Waals surface area contributed by atoms with Crippen LogP contribution in [0.25, 0.3) is 6.08 Å². The lowest BCUT2D eigenvalue weighted by atomic mass is 10.1. The van der Waals surface area contributed by atoms with Gasteiger partial charge in [-0.05, 0) is 48.0 Å². The first-order chi connectivity index (χ1) is 14.5. The molecule has 0 aromatic heterocycles. The summed E-state index contributed by atoms with van der Waals surface area (Å²) in [7, 11) is 0. The average Bonchev–Trinajstić information content (AvgIpc) is 2.71. The third kappa shape index (κ3) is 6.50. The normalized spacial score (nSPS) is 10.6. The van der Waals surface area contributed by atoms with Crippen LogP contribution in [0, 0.1) is 0 Å². The molecule has 0 unspecified atom stereocenters. The van der Waals surface area contributed by atoms with E-state index in [1.54, 1.807) is 36.4 Å². The van der Waals surface area contributed by atoms with Crippen molar-refractivity contribution in [2.45, 2.75) is 13.5 Å². The number of para-hydroxylation sites is 1. The van der Waals surface area contributed by atoms with Crippen molar-refractivity contribution in [3.05, 3.63) is 95.0 Å². The Labute approximate surface area is 179 Å². The second-order valence-corrected chi connectivity index (χ2v) is 6.83. The number of esters is 1. The summed E-state index contributed by atoms with van der Waals surface area (Å²) in [5, 5.41) is 3.45. The van der Waals surface area contributed by atoms with Gasteiger partial charge >= 0.3 is 5.97 Å². The minimum atomic E-state index is -0.398. The lowest BCUT2D eigenvalue weighted by Gasteiger charge is -2.11. The summed E-state index contributed by atoms with van der Waals surface area (Å²) in [5.74, 6) is 0.387. The van der Waals surface area contributed by atoms with Gasteiger partial charge in [-0.1, -0.05) is 48.0 Å². The zero-order chi connectivity index (χ0) is 21.3. The molecule has 152 valence electrons. The topological polar surface area (TPSA) is 64.6 Å². The van der Waals surface area contributed by atoms with Gasteiger partial charge in [-0.15, -0.1) is 0 Å². The van der Waals surface area contributed by atoms with Gasteiger partial charge in [0.2, 0.25) is 5.91 Å². The van der Waals surface area contributed by atoms with Gasteiger partial charge in [0, 0.05) is 29.3 Å². The Morgan fingerprint density at radius 1 is 0.967 bits per heavy atom. The zero-order valence-corrected chi connectivity index (χ0v) is 17.1. The van der Waals surface area contributed by atoms with Gasteiger partial charge in [0.05, 0.1) is 0 Å². The first-order valence-electron chi connectivity index (χ1n) is 9.23. The Hall–Kier alpha value is -3.57. The summed E-state index contributed by atoms with van der Waals surface area (Å²) in [4.78, 5) is 23.4. The number of rotatable bonds is 7. The smallest absolute Gasteiger partial charge is 0.308 e. The largest absolute Gasteiger partial charge is 0.489 e. The molecule has 0 bridgehead atoms. The van der Waals surface area contributed by atoms with Crippen LogP contribution in [-0.4, -0.2) is 11.9 Å². The van der Waals surface area contributed by atoms with E-state index in [9.17, 15) is 9.59 Å². The van der Waals surface area contributed by atoms with E-state index in [-0.39, 0.29) is 12.5 Å². The molecule has 0 saturated carbocycles. The van der Waals surface area contributed by atoms with Gasteiger partial charge in [0.15, 0.2) is 0 Å². The summed E-state index contributed by atoms with van der Waals surface area (Å²) in [6.07, 6.45) is 3.06. The lowest BCUT2D eigenvalue weighted by molar-refractivity contribution is -0.131. The van der Waals surface area contributed by atoms with Crippen molar-refractivity contribution in [2.24, 2.45) is 0 Å². The Balaban J connectivity index is 1.64. The number of ether oxygens (including phenoxy) is 2. The van der Waals surface area contributed by atoms with E-state index in [2.05, 4.69) is 5.32 Å². The molecule has 3 aromatic rings. The van der Waals surface area contributed by atoms with Gasteiger partial charge < -0.3 is 14.8 Å². The predicted octanol–water partition coefficient (Wildman–Crippen LogP) is 5.50. The fraction of sp³-hybridized carbons (Fsp3) is 0.0833. The minimum Gasteiger partial charge on any atom is -0.489 e. The number of amides is 1. The highest BCUT2D eigenvalue weighted by atomic mass is 35.5. The van der Waals surface area contributed by atoms with Crippen molar-refractivity contribution in [3.63, 3.8) is 0 Å². The second-order valence-electron chi connectivity index (χ2n) is 6.39. The Bertz CT molecular complexity index is 1080. The standard InChI is InChI=1S/C24H20ClNO4/c1-17(27)30-22-10-4-6-18(14-22)12-13-24(28)26-23-11-3-2-7-19(23)16-29-21-9-5-8-20(25)15-21/h2-15H,16H2,1H3,(H,26,28). The molecule has 0 saturated heterocycles. The highest BCUT2D eigenvalue weighted by Crippen LogP contribution is 2.21. The molecule has 0 fully saturated rings. The number of carbonyl (C=O) groups excluding carboxylic acids is 2. The molecule has 0 aliphatic carbocycles. The maximum Gasteiger partial charge on any atom is 0.308 e. The van der Waals surface area contributed by atoms with E-state index in [4.69, 9.17) is 21.1 Å². The predicted molar refractivity (Wildman–Crippen MR) is 118 cm³/mol. The van der Waals surface area contributed by atoms with Crippen molar-refractivity contribution in [2.75, 3.05) is 5.32 Å². The molecule has 0 aliphatic rings. The fourth-order valence-electron chi connectivity index (χ4n) is 2.68. The monoisotopic (exact) mass is 421 g/mol. The lowest BCUT2D eigenvalue weighted by Crippen LogP contribution is -2.10. The molecular formula is C24H20ClNO4. The van der Waals surface area contributed by atoms with Crippen LogP contribution in [0.4, 0.5) is 5.69 Å². The summed E-state index contributed by atoms with van der Waals surface area (Å²) in [5.41, 5.74) is 2.22. The summed E-state index contributed by atoms with van der Waals surface area (Å²) in [6, 6.07) is 21.5. The number of nitrogens with one attached hydrogen (secondary N) is 1. The van der Waals surface area contributed by atoms with E-state index in [1.807, 2.05) is 42.5 Å². The Kier molecular flexibility index (Phi) is 7.24. The van der Waals surface area contributed by atoms with Crippen LogP contribution in [0.15, 0.2) is 78.9 Å². The van der Waals surface area contributed by atoms with Crippen LogP contribution in [0.1, 0.15) is 18.1 Å². The quantitative estimate of drug-likeness (QED) is 0.311. The highest BCUT2D eigenvalue weighted by molar-refractivity contribution is 6.30. The minimum absolute atomic E-state index is 0.283. The molecule has 0 atom stereocenters. The fourth-order valence-corrected chi connectivity index (χ4v) is 2.86. The second kappa shape index (κ2) is 10.3. The third-order valence-corrected chi connectivity index (χ3v) is 4.25. The molecule has 1 N–H and O–H groups in total. The van der Waals surface area contributed by atoms with Crippen LogP contribution < -0.4 is 14.8 Å². The van der Waals surface area contributed by atoms with E-state index >= 15 is 0 Å². The first kappa shape index (κ1) is 21.1. The van der Waals surface area contributed by atoms with E-state index in [1.165, 1.54) is 13.0 Å². The molecule has 0 radical (unpaired) electrons. The molecule has 30 heavy (non-hydrogen) atoms. The zero-order valence-electron chi connectivity index (χ0n) is 16.3. The third-order valence-electron chi connectivity index (χ3n) is 4.01. The summed E-state index contributed by atoms with van der Waals surface area (Å²) < 4.78 is 10.8. The summed E-state index contributed by atoms with van der Waals surface area (Å²) in [6.45, 7) is 1.62. The van der Waals surface area contributed by atoms with Crippen molar-refractivity contribution in [1.82, 2.24) is 0 Å². The van der Waals surface area contributed by atoms with Crippen molar-refractivity contribution in [1.29, 1.82) is 0 Å². The maximum atomic E-state index is 12.4. The molecule has 0 heterocycles. The van der Waals surface area contributed by atoms with Gasteiger partial charge in [-0.2, -0.15) is 0 Å². The average molecular weight is 422 g/mol. The molecule has 5 nitrogen and oxygen atoms in total. The van der Waals surface area contributed by atoms with Crippen LogP contribution in [-0.2, 0) is 16.2 Å². The van der Waals surface area contributed by atoms with E-state index < -0.39 is 5.97 Å². The maximum absolute atomic E-state index is 12.4. The van der Waals surface area contributed by atoms with Crippen LogP contribution >= 0.6 is 11.6 Å². The molecule has 6 heteroatoms. The highest BCUT2D eigenvalue weighted by Gasteiger charge is 2.06. The molecule has 3 rings (SSSR count). The van der Waals surface area contributed by atoms with Crippen molar-refractivity contribution < 1.29 is 19.1 Å². The number of hydrogen-bond donors (Lipinski definition) is 1. The van der Waals surface area contributed by atoms with Crippen molar-refractivity contribution in [3.8, 4) is 11.5 Å². The SMILES string of the molecule is CC(=O)Oc1cccc(C=CC(=O)Nc2ccccc2COc2cccc(Cl)c2)c1. The van der Waals surface area contributed by atoms with Crippen LogP contribution in [0.5, 0.6) is 11.5 Å². The number of anilines is 1. The van der Waals surface area contributed by atoms with Crippen molar-refractivity contribution >= 4 is 35.2 Å². The Morgan fingerprint density at radius 2 is 1.73 bits per heavy atom. The van der Waals surface area contributed by atoms with Gasteiger partial charge in [0.25, 0.3) is 0 Å². The van der Waals surface area contributed by atoms with Gasteiger partial charge in [-0.3, -0.25) is 9.59 Å². The Morgan fingerprint density at radius 3 is 2.53 bits per heavy atom. The first-order valence-corrected chi connectivity index (χ1v) is 9.61. The van der Waals surface area contributed by atoms with E-state index in [0.29, 0.717) is 22.2 Å². The van der Waals surface area contributed by atoms with Gasteiger partial charge in [0.1, 0.15) is 18.1 Å². The molecular weight excluding hydrogens is 402 g/mol. The van der Waals surface area contributed by atoms with Crippen LogP contribution in [0.3, 0.4) is 0 Å². The molecule has 0 aliphatic heterocycles. The van der Waals surface area contributed by atoms with E-state index in [0.717, 1.165) is 11.1 Å².